The molecule has 0 bridgehead atoms. The number of amides is 2. The van der Waals surface area contributed by atoms with E-state index in [2.05, 4.69) is 15.6 Å². The minimum atomic E-state index is -0.629. The van der Waals surface area contributed by atoms with Gasteiger partial charge in [0.2, 0.25) is 5.96 Å². The van der Waals surface area contributed by atoms with Gasteiger partial charge in [0.1, 0.15) is 0 Å². The van der Waals surface area contributed by atoms with Crippen molar-refractivity contribution in [3.8, 4) is 0 Å². The molecular weight excluding hydrogens is 182 g/mol. The summed E-state index contributed by atoms with van der Waals surface area (Å²) in [6, 6.07) is 0. The molecule has 0 aromatic carbocycles. The number of guanidine groups is 1. The van der Waals surface area contributed by atoms with Gasteiger partial charge in [-0.05, 0) is 32.6 Å². The van der Waals surface area contributed by atoms with Crippen molar-refractivity contribution in [3.05, 3.63) is 0 Å². The fraction of sp³-hybridized carbons (Fsp3) is 0.667. The Labute approximate surface area is 82.0 Å². The molecule has 0 spiro atoms. The Bertz CT molecular complexity index is 311. The monoisotopic (exact) mass is 195 g/mol. The van der Waals surface area contributed by atoms with Crippen LogP contribution in [-0.2, 0) is 9.59 Å². The topological polar surface area (TPSA) is 70.6 Å². The SMILES string of the molecule is CC(C)(N=C1NC(=O)C(=O)N1)C1CC1. The zero-order chi connectivity index (χ0) is 10.3. The van der Waals surface area contributed by atoms with Gasteiger partial charge in [0.05, 0.1) is 5.54 Å². The molecule has 1 saturated carbocycles. The summed E-state index contributed by atoms with van der Waals surface area (Å²) < 4.78 is 0. The number of hydrogen-bond donors (Lipinski definition) is 2. The summed E-state index contributed by atoms with van der Waals surface area (Å²) in [6.45, 7) is 4.02. The Hall–Kier alpha value is -1.39. The standard InChI is InChI=1S/C9H13N3O2/c1-9(2,5-3-4-5)12-8-10-6(13)7(14)11-8/h5H,3-4H2,1-2H3,(H2,10,11,12,13,14). The first-order valence-corrected chi connectivity index (χ1v) is 4.71. The van der Waals surface area contributed by atoms with Crippen molar-refractivity contribution in [1.29, 1.82) is 0 Å². The van der Waals surface area contributed by atoms with E-state index in [0.29, 0.717) is 5.92 Å². The lowest BCUT2D eigenvalue weighted by Gasteiger charge is -2.19. The van der Waals surface area contributed by atoms with Crippen LogP contribution in [0.2, 0.25) is 0 Å². The van der Waals surface area contributed by atoms with Crippen molar-refractivity contribution in [1.82, 2.24) is 10.6 Å². The number of carbonyl (C=O) groups excluding carboxylic acids is 2. The molecular formula is C9H13N3O2. The lowest BCUT2D eigenvalue weighted by molar-refractivity contribution is -0.135. The van der Waals surface area contributed by atoms with Crippen LogP contribution in [-0.4, -0.2) is 23.3 Å². The number of rotatable bonds is 2. The van der Waals surface area contributed by atoms with Crippen LogP contribution in [0.15, 0.2) is 4.99 Å². The van der Waals surface area contributed by atoms with E-state index >= 15 is 0 Å². The molecule has 2 rings (SSSR count). The summed E-state index contributed by atoms with van der Waals surface area (Å²) in [5.74, 6) is -0.396. The minimum Gasteiger partial charge on any atom is -0.288 e. The molecule has 1 aliphatic heterocycles. The molecule has 1 saturated heterocycles. The molecule has 76 valence electrons. The van der Waals surface area contributed by atoms with Crippen LogP contribution in [0.25, 0.3) is 0 Å². The molecule has 2 N–H and O–H groups in total. The van der Waals surface area contributed by atoms with E-state index in [1.54, 1.807) is 0 Å². The van der Waals surface area contributed by atoms with Gasteiger partial charge in [-0.25, -0.2) is 4.99 Å². The van der Waals surface area contributed by atoms with E-state index in [-0.39, 0.29) is 11.5 Å². The molecule has 0 atom stereocenters. The van der Waals surface area contributed by atoms with E-state index < -0.39 is 11.8 Å². The quantitative estimate of drug-likeness (QED) is 0.598. The van der Waals surface area contributed by atoms with Crippen molar-refractivity contribution in [2.24, 2.45) is 10.9 Å². The number of nitrogens with one attached hydrogen (secondary N) is 2. The van der Waals surface area contributed by atoms with Gasteiger partial charge in [0.15, 0.2) is 0 Å². The molecule has 0 unspecified atom stereocenters. The molecule has 5 heteroatoms. The lowest BCUT2D eigenvalue weighted by Crippen LogP contribution is -2.32. The van der Waals surface area contributed by atoms with Crippen LogP contribution in [0.4, 0.5) is 0 Å². The predicted molar refractivity (Wildman–Crippen MR) is 50.5 cm³/mol. The molecule has 0 radical (unpaired) electrons. The zero-order valence-corrected chi connectivity index (χ0v) is 8.26. The second kappa shape index (κ2) is 2.80. The van der Waals surface area contributed by atoms with Gasteiger partial charge >= 0.3 is 11.8 Å². The molecule has 1 heterocycles. The Morgan fingerprint density at radius 1 is 1.21 bits per heavy atom. The summed E-state index contributed by atoms with van der Waals surface area (Å²) >= 11 is 0. The first-order chi connectivity index (χ1) is 6.49. The van der Waals surface area contributed by atoms with E-state index in [4.69, 9.17) is 0 Å². The third-order valence-corrected chi connectivity index (χ3v) is 2.65. The van der Waals surface area contributed by atoms with Crippen molar-refractivity contribution in [2.45, 2.75) is 32.2 Å². The highest BCUT2D eigenvalue weighted by Crippen LogP contribution is 2.41. The van der Waals surface area contributed by atoms with Crippen LogP contribution in [0.5, 0.6) is 0 Å². The van der Waals surface area contributed by atoms with E-state index in [9.17, 15) is 9.59 Å². The largest absolute Gasteiger partial charge is 0.316 e. The first-order valence-electron chi connectivity index (χ1n) is 4.71. The lowest BCUT2D eigenvalue weighted by atomic mass is 10.0. The fourth-order valence-corrected chi connectivity index (χ4v) is 1.58. The second-order valence-electron chi connectivity index (χ2n) is 4.30. The highest BCUT2D eigenvalue weighted by atomic mass is 16.2. The molecule has 0 aromatic heterocycles. The van der Waals surface area contributed by atoms with Crippen molar-refractivity contribution in [2.75, 3.05) is 0 Å². The Morgan fingerprint density at radius 2 is 1.71 bits per heavy atom. The van der Waals surface area contributed by atoms with Gasteiger partial charge in [-0.3, -0.25) is 20.2 Å². The smallest absolute Gasteiger partial charge is 0.288 e. The minimum absolute atomic E-state index is 0.194. The van der Waals surface area contributed by atoms with Crippen LogP contribution >= 0.6 is 0 Å². The van der Waals surface area contributed by atoms with E-state index in [1.807, 2.05) is 13.8 Å². The van der Waals surface area contributed by atoms with E-state index in [0.717, 1.165) is 0 Å². The number of aliphatic imine (C=N–C) groups is 1. The maximum absolute atomic E-state index is 10.9. The summed E-state index contributed by atoms with van der Waals surface area (Å²) in [5.41, 5.74) is -0.194. The summed E-state index contributed by atoms with van der Waals surface area (Å²) in [7, 11) is 0. The molecule has 2 fully saturated rings. The van der Waals surface area contributed by atoms with Gasteiger partial charge in [0, 0.05) is 0 Å². The number of hydrogen-bond acceptors (Lipinski definition) is 3. The predicted octanol–water partition coefficient (Wildman–Crippen LogP) is -0.223. The van der Waals surface area contributed by atoms with E-state index in [1.165, 1.54) is 12.8 Å². The van der Waals surface area contributed by atoms with Gasteiger partial charge in [0.25, 0.3) is 0 Å². The molecule has 5 nitrogen and oxygen atoms in total. The molecule has 1 aliphatic carbocycles. The Morgan fingerprint density at radius 3 is 2.14 bits per heavy atom. The Balaban J connectivity index is 2.11. The van der Waals surface area contributed by atoms with Gasteiger partial charge < -0.3 is 0 Å². The highest BCUT2D eigenvalue weighted by molar-refractivity contribution is 6.45. The number of nitrogens with zero attached hydrogens (tertiary/aromatic N) is 1. The third-order valence-electron chi connectivity index (χ3n) is 2.65. The summed E-state index contributed by atoms with van der Waals surface area (Å²) in [6.07, 6.45) is 2.34. The van der Waals surface area contributed by atoms with Gasteiger partial charge in [-0.15, -0.1) is 0 Å². The maximum Gasteiger partial charge on any atom is 0.316 e. The molecule has 14 heavy (non-hydrogen) atoms. The van der Waals surface area contributed by atoms with Gasteiger partial charge in [-0.1, -0.05) is 0 Å². The molecule has 0 aromatic rings. The average molecular weight is 195 g/mol. The van der Waals surface area contributed by atoms with Crippen LogP contribution in [0, 0.1) is 5.92 Å². The fourth-order valence-electron chi connectivity index (χ4n) is 1.58. The maximum atomic E-state index is 10.9. The van der Waals surface area contributed by atoms with Crippen molar-refractivity contribution >= 4 is 17.8 Å². The second-order valence-corrected chi connectivity index (χ2v) is 4.30. The summed E-state index contributed by atoms with van der Waals surface area (Å²) in [4.78, 5) is 26.0. The average Bonchev–Trinajstić information content (AvgIpc) is 2.81. The van der Waals surface area contributed by atoms with Crippen LogP contribution in [0.1, 0.15) is 26.7 Å². The van der Waals surface area contributed by atoms with Gasteiger partial charge in [-0.2, -0.15) is 0 Å². The zero-order valence-electron chi connectivity index (χ0n) is 8.26. The van der Waals surface area contributed by atoms with Crippen LogP contribution < -0.4 is 10.6 Å². The highest BCUT2D eigenvalue weighted by Gasteiger charge is 2.39. The Kier molecular flexibility index (Phi) is 1.83. The normalized spacial score (nSPS) is 22.0. The number of carbonyl (C=O) groups is 2. The first kappa shape index (κ1) is 9.18. The summed E-state index contributed by atoms with van der Waals surface area (Å²) in [5, 5.41) is 4.79. The third kappa shape index (κ3) is 1.62. The van der Waals surface area contributed by atoms with Crippen molar-refractivity contribution in [3.63, 3.8) is 0 Å². The molecule has 2 aliphatic rings. The van der Waals surface area contributed by atoms with Crippen molar-refractivity contribution < 1.29 is 9.59 Å². The molecule has 2 amide bonds. The van der Waals surface area contributed by atoms with Crippen LogP contribution in [0.3, 0.4) is 0 Å².